The van der Waals surface area contributed by atoms with Crippen molar-refractivity contribution in [3.05, 3.63) is 42.5 Å². The zero-order valence-corrected chi connectivity index (χ0v) is 10.7. The van der Waals surface area contributed by atoms with Crippen molar-refractivity contribution < 1.29 is 4.79 Å². The van der Waals surface area contributed by atoms with Crippen molar-refractivity contribution in [1.29, 1.82) is 0 Å². The Bertz CT molecular complexity index is 559. The molecule has 0 fully saturated rings. The molecule has 0 aliphatic heterocycles. The molecule has 0 saturated heterocycles. The zero-order chi connectivity index (χ0) is 13.2. The largest absolute Gasteiger partial charge is 0.292 e. The van der Waals surface area contributed by atoms with E-state index in [1.807, 2.05) is 39.0 Å². The van der Waals surface area contributed by atoms with Crippen LogP contribution in [0.3, 0.4) is 0 Å². The van der Waals surface area contributed by atoms with Crippen molar-refractivity contribution in [2.75, 3.05) is 0 Å². The van der Waals surface area contributed by atoms with Gasteiger partial charge in [-0.1, -0.05) is 26.8 Å². The van der Waals surface area contributed by atoms with E-state index in [4.69, 9.17) is 0 Å². The molecule has 0 atom stereocenters. The molecule has 0 saturated carbocycles. The monoisotopic (exact) mass is 241 g/mol. The summed E-state index contributed by atoms with van der Waals surface area (Å²) in [5.74, 6) is -0.0312. The van der Waals surface area contributed by atoms with Crippen LogP contribution in [0.4, 0.5) is 0 Å². The minimum atomic E-state index is -0.487. The third-order valence-corrected chi connectivity index (χ3v) is 2.50. The highest BCUT2D eigenvalue weighted by molar-refractivity contribution is 6.02. The van der Waals surface area contributed by atoms with Gasteiger partial charge < -0.3 is 0 Å². The van der Waals surface area contributed by atoms with Crippen LogP contribution in [0.5, 0.6) is 0 Å². The lowest BCUT2D eigenvalue weighted by molar-refractivity contribution is 0.0853. The summed E-state index contributed by atoms with van der Waals surface area (Å²) in [6, 6.07) is 5.51. The van der Waals surface area contributed by atoms with E-state index in [-0.39, 0.29) is 5.78 Å². The number of aromatic nitrogens is 3. The number of nitrogens with zero attached hydrogens (tertiary/aromatic N) is 3. The average Bonchev–Trinajstić information content (AvgIpc) is 2.38. The first kappa shape index (κ1) is 12.4. The molecule has 4 heteroatoms. The van der Waals surface area contributed by atoms with Crippen LogP contribution in [0.2, 0.25) is 0 Å². The SMILES string of the molecule is CC(C)(C)C(=O)c1nccnc1-c1ccccn1. The van der Waals surface area contributed by atoms with Crippen molar-refractivity contribution in [3.63, 3.8) is 0 Å². The highest BCUT2D eigenvalue weighted by atomic mass is 16.1. The van der Waals surface area contributed by atoms with Crippen molar-refractivity contribution in [2.45, 2.75) is 20.8 Å². The van der Waals surface area contributed by atoms with E-state index >= 15 is 0 Å². The lowest BCUT2D eigenvalue weighted by atomic mass is 9.88. The summed E-state index contributed by atoms with van der Waals surface area (Å²) in [5.41, 5.74) is 1.10. The molecule has 0 aliphatic carbocycles. The molecule has 2 aromatic heterocycles. The summed E-state index contributed by atoms with van der Waals surface area (Å²) < 4.78 is 0. The Labute approximate surface area is 106 Å². The number of hydrogen-bond donors (Lipinski definition) is 0. The number of pyridine rings is 1. The molecular weight excluding hydrogens is 226 g/mol. The molecule has 2 aromatic rings. The van der Waals surface area contributed by atoms with Gasteiger partial charge in [0.1, 0.15) is 11.4 Å². The van der Waals surface area contributed by atoms with Crippen LogP contribution in [0.15, 0.2) is 36.8 Å². The maximum Gasteiger partial charge on any atom is 0.188 e. The van der Waals surface area contributed by atoms with Crippen LogP contribution < -0.4 is 0 Å². The number of Topliss-reactive ketones (excluding diaryl/α,β-unsaturated/α-hetero) is 1. The molecule has 0 bridgehead atoms. The van der Waals surface area contributed by atoms with E-state index in [0.717, 1.165) is 0 Å². The van der Waals surface area contributed by atoms with Crippen LogP contribution in [0.25, 0.3) is 11.4 Å². The van der Waals surface area contributed by atoms with E-state index in [1.165, 1.54) is 6.20 Å². The predicted molar refractivity (Wildman–Crippen MR) is 69.0 cm³/mol. The highest BCUT2D eigenvalue weighted by Crippen LogP contribution is 2.25. The fourth-order valence-electron chi connectivity index (χ4n) is 1.55. The van der Waals surface area contributed by atoms with Gasteiger partial charge in [0, 0.05) is 24.0 Å². The van der Waals surface area contributed by atoms with E-state index in [2.05, 4.69) is 15.0 Å². The maximum atomic E-state index is 12.3. The van der Waals surface area contributed by atoms with Gasteiger partial charge in [0.2, 0.25) is 0 Å². The van der Waals surface area contributed by atoms with Gasteiger partial charge in [-0.15, -0.1) is 0 Å². The molecule has 0 N–H and O–H groups in total. The van der Waals surface area contributed by atoms with Crippen LogP contribution in [0, 0.1) is 5.41 Å². The summed E-state index contributed by atoms with van der Waals surface area (Å²) in [6.07, 6.45) is 4.78. The Hall–Kier alpha value is -2.10. The third kappa shape index (κ3) is 2.42. The van der Waals surface area contributed by atoms with Gasteiger partial charge in [-0.2, -0.15) is 0 Å². The summed E-state index contributed by atoms with van der Waals surface area (Å²) in [4.78, 5) is 25.0. The van der Waals surface area contributed by atoms with Crippen molar-refractivity contribution in [2.24, 2.45) is 5.41 Å². The van der Waals surface area contributed by atoms with Gasteiger partial charge >= 0.3 is 0 Å². The molecule has 0 aromatic carbocycles. The second kappa shape index (κ2) is 4.64. The number of carbonyl (C=O) groups is 1. The minimum absolute atomic E-state index is 0.0312. The van der Waals surface area contributed by atoms with E-state index in [9.17, 15) is 4.79 Å². The normalized spacial score (nSPS) is 11.3. The maximum absolute atomic E-state index is 12.3. The molecule has 4 nitrogen and oxygen atoms in total. The van der Waals surface area contributed by atoms with Gasteiger partial charge in [-0.25, -0.2) is 4.98 Å². The number of rotatable bonds is 2. The second-order valence-corrected chi connectivity index (χ2v) is 5.05. The zero-order valence-electron chi connectivity index (χ0n) is 10.7. The average molecular weight is 241 g/mol. The molecule has 18 heavy (non-hydrogen) atoms. The quantitative estimate of drug-likeness (QED) is 0.758. The molecule has 0 unspecified atom stereocenters. The molecule has 0 spiro atoms. The first-order valence-electron chi connectivity index (χ1n) is 5.77. The molecule has 0 radical (unpaired) electrons. The Morgan fingerprint density at radius 2 is 1.72 bits per heavy atom. The second-order valence-electron chi connectivity index (χ2n) is 5.05. The molecule has 0 aliphatic rings. The molecule has 92 valence electrons. The van der Waals surface area contributed by atoms with Crippen molar-refractivity contribution in [3.8, 4) is 11.4 Å². The standard InChI is InChI=1S/C14H15N3O/c1-14(2,3)13(18)12-11(16-8-9-17-12)10-6-4-5-7-15-10/h4-9H,1-3H3. The van der Waals surface area contributed by atoms with Gasteiger partial charge in [0.05, 0.1) is 5.69 Å². The Balaban J connectivity index is 2.54. The minimum Gasteiger partial charge on any atom is -0.292 e. The fourth-order valence-corrected chi connectivity index (χ4v) is 1.55. The molecule has 0 amide bonds. The van der Waals surface area contributed by atoms with Gasteiger partial charge in [-0.05, 0) is 12.1 Å². The molecule has 2 heterocycles. The number of ketones is 1. The van der Waals surface area contributed by atoms with E-state index in [1.54, 1.807) is 12.4 Å². The van der Waals surface area contributed by atoms with Crippen LogP contribution in [-0.4, -0.2) is 20.7 Å². The molecular formula is C14H15N3O. The Kier molecular flexibility index (Phi) is 3.19. The third-order valence-electron chi connectivity index (χ3n) is 2.50. The number of carbonyl (C=O) groups excluding carboxylic acids is 1. The van der Waals surface area contributed by atoms with E-state index in [0.29, 0.717) is 17.1 Å². The predicted octanol–water partition coefficient (Wildman–Crippen LogP) is 2.77. The first-order chi connectivity index (χ1) is 8.50. The Morgan fingerprint density at radius 1 is 1.00 bits per heavy atom. The van der Waals surface area contributed by atoms with Crippen molar-refractivity contribution >= 4 is 5.78 Å². The van der Waals surface area contributed by atoms with Crippen LogP contribution in [0.1, 0.15) is 31.3 Å². The number of hydrogen-bond acceptors (Lipinski definition) is 4. The summed E-state index contributed by atoms with van der Waals surface area (Å²) in [7, 11) is 0. The summed E-state index contributed by atoms with van der Waals surface area (Å²) >= 11 is 0. The highest BCUT2D eigenvalue weighted by Gasteiger charge is 2.27. The topological polar surface area (TPSA) is 55.7 Å². The molecule has 2 rings (SSSR count). The van der Waals surface area contributed by atoms with Gasteiger partial charge in [0.25, 0.3) is 0 Å². The summed E-state index contributed by atoms with van der Waals surface area (Å²) in [5, 5.41) is 0. The lowest BCUT2D eigenvalue weighted by Gasteiger charge is -2.17. The van der Waals surface area contributed by atoms with Gasteiger partial charge in [-0.3, -0.25) is 14.8 Å². The van der Waals surface area contributed by atoms with E-state index < -0.39 is 5.41 Å². The smallest absolute Gasteiger partial charge is 0.188 e. The van der Waals surface area contributed by atoms with Gasteiger partial charge in [0.15, 0.2) is 5.78 Å². The Morgan fingerprint density at radius 3 is 2.33 bits per heavy atom. The van der Waals surface area contributed by atoms with Crippen LogP contribution in [-0.2, 0) is 0 Å². The first-order valence-corrected chi connectivity index (χ1v) is 5.77. The summed E-state index contributed by atoms with van der Waals surface area (Å²) in [6.45, 7) is 5.60. The van der Waals surface area contributed by atoms with Crippen LogP contribution >= 0.6 is 0 Å². The van der Waals surface area contributed by atoms with Crippen molar-refractivity contribution in [1.82, 2.24) is 15.0 Å². The fraction of sp³-hybridized carbons (Fsp3) is 0.286. The lowest BCUT2D eigenvalue weighted by Crippen LogP contribution is -2.22.